The molecule has 12 N–H and O–H groups in total. The Morgan fingerprint density at radius 3 is 0.768 bits per heavy atom. The van der Waals surface area contributed by atoms with Crippen molar-refractivity contribution in [2.24, 2.45) is 5.41 Å². The molecule has 0 aliphatic rings. The van der Waals surface area contributed by atoms with Gasteiger partial charge in [-0.25, -0.2) is 0 Å². The maximum Gasteiger partial charge on any atom is 0.222 e. The highest BCUT2D eigenvalue weighted by Crippen LogP contribution is 2.28. The van der Waals surface area contributed by atoms with E-state index in [2.05, 4.69) is 21.3 Å². The molecule has 20 nitrogen and oxygen atoms in total. The van der Waals surface area contributed by atoms with Crippen LogP contribution in [0.3, 0.4) is 0 Å². The molecule has 0 fully saturated rings. The maximum atomic E-state index is 12.7. The van der Waals surface area contributed by atoms with E-state index >= 15 is 0 Å². The normalized spacial score (nSPS) is 11.2. The minimum absolute atomic E-state index is 0.0166. The molecule has 4 aromatic rings. The van der Waals surface area contributed by atoms with Crippen molar-refractivity contribution in [1.29, 1.82) is 0 Å². The van der Waals surface area contributed by atoms with Crippen molar-refractivity contribution in [3.8, 4) is 46.0 Å². The van der Waals surface area contributed by atoms with Crippen LogP contribution in [0.5, 0.6) is 46.0 Å². The molecule has 0 saturated carbocycles. The van der Waals surface area contributed by atoms with Crippen molar-refractivity contribution < 1.29 is 79.0 Å². The van der Waals surface area contributed by atoms with E-state index in [4.69, 9.17) is 18.9 Å². The number of phenols is 8. The third kappa shape index (κ3) is 20.8. The number of rotatable bonds is 32. The van der Waals surface area contributed by atoms with Crippen molar-refractivity contribution in [3.63, 3.8) is 0 Å². The van der Waals surface area contributed by atoms with Gasteiger partial charge in [0, 0.05) is 51.9 Å². The number of nitrogens with one attached hydrogen (secondary N) is 4. The molecule has 0 unspecified atom stereocenters. The molecule has 0 saturated heterocycles. The van der Waals surface area contributed by atoms with Gasteiger partial charge in [0.25, 0.3) is 0 Å². The number of phenolic OH excluding ortho intramolecular Hbond substituents is 8. The molecule has 4 amide bonds. The van der Waals surface area contributed by atoms with Gasteiger partial charge in [0.15, 0.2) is 46.0 Å². The number of benzene rings is 4. The first-order chi connectivity index (χ1) is 33.1. The largest absolute Gasteiger partial charge is 0.504 e. The van der Waals surface area contributed by atoms with Crippen molar-refractivity contribution in [1.82, 2.24) is 21.3 Å². The van der Waals surface area contributed by atoms with Crippen LogP contribution in [0.4, 0.5) is 0 Å². The SMILES string of the molecule is O=C(CCOCC(COCCC(=O)NCCc1ccc(O)c(O)c1)(COCCC(=O)NCCc1ccc(O)c(O)c1)COCCC(=O)NCCc1ccc(O)c(O)c1)NCCc1ccc(O)c(O)c1. The lowest BCUT2D eigenvalue weighted by atomic mass is 9.92. The number of carbonyl (C=O) groups excluding carboxylic acids is 4. The lowest BCUT2D eigenvalue weighted by molar-refractivity contribution is -0.128. The summed E-state index contributed by atoms with van der Waals surface area (Å²) in [5.74, 6) is -3.26. The zero-order valence-electron chi connectivity index (χ0n) is 38.4. The van der Waals surface area contributed by atoms with E-state index in [9.17, 15) is 60.0 Å². The molecular formula is C49H64N4O16. The molecule has 0 aliphatic carbocycles. The highest BCUT2D eigenvalue weighted by Gasteiger charge is 2.33. The molecule has 0 spiro atoms. The second-order valence-corrected chi connectivity index (χ2v) is 16.4. The van der Waals surface area contributed by atoms with E-state index in [1.807, 2.05) is 0 Å². The molecule has 0 aliphatic heterocycles. The average Bonchev–Trinajstić information content (AvgIpc) is 3.31. The Bertz CT molecular complexity index is 1960. The fourth-order valence-corrected chi connectivity index (χ4v) is 6.70. The fraction of sp³-hybridized carbons (Fsp3) is 0.429. The van der Waals surface area contributed by atoms with Gasteiger partial charge in [-0.1, -0.05) is 24.3 Å². The van der Waals surface area contributed by atoms with E-state index < -0.39 is 5.41 Å². The topological polar surface area (TPSA) is 315 Å². The number of ether oxygens (including phenoxy) is 4. The summed E-state index contributed by atoms with van der Waals surface area (Å²) in [7, 11) is 0. The first-order valence-corrected chi connectivity index (χ1v) is 22.5. The van der Waals surface area contributed by atoms with Gasteiger partial charge in [0.1, 0.15) is 0 Å². The van der Waals surface area contributed by atoms with Crippen LogP contribution in [0, 0.1) is 5.41 Å². The van der Waals surface area contributed by atoms with Crippen molar-refractivity contribution in [2.75, 3.05) is 79.0 Å². The third-order valence-corrected chi connectivity index (χ3v) is 10.6. The number of carbonyl (C=O) groups is 4. The lowest BCUT2D eigenvalue weighted by Gasteiger charge is -2.33. The smallest absolute Gasteiger partial charge is 0.222 e. The fourth-order valence-electron chi connectivity index (χ4n) is 6.70. The Labute approximate surface area is 399 Å². The summed E-state index contributed by atoms with van der Waals surface area (Å²) in [6.45, 7) is 0.745. The van der Waals surface area contributed by atoms with Crippen LogP contribution in [0.15, 0.2) is 72.8 Å². The Hall–Kier alpha value is -7.00. The first kappa shape index (κ1) is 54.6. The standard InChI is InChI=1S/C49H64N4O16/c54-37-5-1-33(25-41(37)58)9-17-50-45(62)13-21-66-29-49(30-67-22-14-46(63)51-18-10-34-2-6-38(55)42(59)26-34,31-68-23-15-47(64)52-19-11-35-3-7-39(56)43(60)27-35)32-69-24-16-48(65)53-20-12-36-4-8-40(57)44(61)28-36/h1-8,25-28,54-61H,9-24,29-32H2,(H,50,62)(H,51,63)(H,52,64)(H,53,65). The molecule has 69 heavy (non-hydrogen) atoms. The second-order valence-electron chi connectivity index (χ2n) is 16.4. The highest BCUT2D eigenvalue weighted by atomic mass is 16.5. The molecule has 376 valence electrons. The Balaban J connectivity index is 1.34. The van der Waals surface area contributed by atoms with Crippen LogP contribution < -0.4 is 21.3 Å². The summed E-state index contributed by atoms with van der Waals surface area (Å²) in [5.41, 5.74) is 1.77. The van der Waals surface area contributed by atoms with E-state index in [0.717, 1.165) is 0 Å². The highest BCUT2D eigenvalue weighted by molar-refractivity contribution is 5.77. The average molecular weight is 965 g/mol. The molecule has 20 heteroatoms. The van der Waals surface area contributed by atoms with Gasteiger partial charge in [-0.05, 0) is 96.5 Å². The predicted octanol–water partition coefficient (Wildman–Crippen LogP) is 2.68. The van der Waals surface area contributed by atoms with Crippen LogP contribution >= 0.6 is 0 Å². The van der Waals surface area contributed by atoms with Crippen LogP contribution in [0.2, 0.25) is 0 Å². The van der Waals surface area contributed by atoms with Gasteiger partial charge in [0.05, 0.1) is 58.3 Å². The van der Waals surface area contributed by atoms with Crippen molar-refractivity contribution >= 4 is 23.6 Å². The van der Waals surface area contributed by atoms with Gasteiger partial charge >= 0.3 is 0 Å². The predicted molar refractivity (Wildman–Crippen MR) is 250 cm³/mol. The van der Waals surface area contributed by atoms with E-state index in [1.165, 1.54) is 48.5 Å². The van der Waals surface area contributed by atoms with Crippen molar-refractivity contribution in [2.45, 2.75) is 51.4 Å². The molecule has 4 rings (SSSR count). The van der Waals surface area contributed by atoms with E-state index in [-0.39, 0.29) is 174 Å². The molecule has 4 aromatic carbocycles. The van der Waals surface area contributed by atoms with Crippen LogP contribution in [0.25, 0.3) is 0 Å². The lowest BCUT2D eigenvalue weighted by Crippen LogP contribution is -2.43. The zero-order chi connectivity index (χ0) is 50.0. The Kier molecular flexibility index (Phi) is 23.0. The summed E-state index contributed by atoms with van der Waals surface area (Å²) < 4.78 is 24.1. The van der Waals surface area contributed by atoms with E-state index in [1.54, 1.807) is 24.3 Å². The minimum Gasteiger partial charge on any atom is -0.504 e. The number of amides is 4. The van der Waals surface area contributed by atoms with Gasteiger partial charge in [-0.15, -0.1) is 0 Å². The molecule has 0 atom stereocenters. The molecule has 0 aromatic heterocycles. The Morgan fingerprint density at radius 1 is 0.348 bits per heavy atom. The van der Waals surface area contributed by atoms with Crippen LogP contribution in [-0.2, 0) is 63.8 Å². The third-order valence-electron chi connectivity index (χ3n) is 10.6. The van der Waals surface area contributed by atoms with Crippen molar-refractivity contribution in [3.05, 3.63) is 95.1 Å². The Morgan fingerprint density at radius 2 is 0.565 bits per heavy atom. The van der Waals surface area contributed by atoms with Gasteiger partial charge < -0.3 is 81.1 Å². The quantitative estimate of drug-likeness (QED) is 0.0247. The zero-order valence-corrected chi connectivity index (χ0v) is 38.4. The second kappa shape index (κ2) is 29.0. The maximum absolute atomic E-state index is 12.7. The summed E-state index contributed by atoms with van der Waals surface area (Å²) >= 11 is 0. The summed E-state index contributed by atoms with van der Waals surface area (Å²) in [6, 6.07) is 17.6. The number of hydrogen-bond donors (Lipinski definition) is 12. The molecular weight excluding hydrogens is 901 g/mol. The van der Waals surface area contributed by atoms with Gasteiger partial charge in [0.2, 0.25) is 23.6 Å². The molecule has 0 radical (unpaired) electrons. The van der Waals surface area contributed by atoms with Crippen LogP contribution in [-0.4, -0.2) is 144 Å². The minimum atomic E-state index is -1.07. The summed E-state index contributed by atoms with van der Waals surface area (Å²) in [4.78, 5) is 50.9. The summed E-state index contributed by atoms with van der Waals surface area (Å²) in [5, 5.41) is 88.5. The van der Waals surface area contributed by atoms with Gasteiger partial charge in [-0.3, -0.25) is 19.2 Å². The summed E-state index contributed by atoms with van der Waals surface area (Å²) in [6.07, 6.45) is 1.54. The van der Waals surface area contributed by atoms with E-state index in [0.29, 0.717) is 47.9 Å². The number of hydrogen-bond acceptors (Lipinski definition) is 16. The monoisotopic (exact) mass is 964 g/mol. The molecule has 0 bridgehead atoms. The molecule has 0 heterocycles. The first-order valence-electron chi connectivity index (χ1n) is 22.5. The van der Waals surface area contributed by atoms with Gasteiger partial charge in [-0.2, -0.15) is 0 Å². The van der Waals surface area contributed by atoms with Crippen LogP contribution in [0.1, 0.15) is 47.9 Å². The number of aromatic hydroxyl groups is 8.